The van der Waals surface area contributed by atoms with Gasteiger partial charge in [0.05, 0.1) is 32.2 Å². The molecular formula is C20H20ClF3N4OS. The lowest BCUT2D eigenvalue weighted by Gasteiger charge is -2.19. The number of carbonyl (C=O) groups excluding carboxylic acids is 1. The summed E-state index contributed by atoms with van der Waals surface area (Å²) in [6.07, 6.45) is -2.97. The third-order valence-electron chi connectivity index (χ3n) is 4.66. The van der Waals surface area contributed by atoms with Gasteiger partial charge in [-0.2, -0.15) is 18.3 Å². The van der Waals surface area contributed by atoms with Crippen LogP contribution in [0.25, 0.3) is 10.6 Å². The fraction of sp³-hybridized carbons (Fsp3) is 0.300. The zero-order valence-corrected chi connectivity index (χ0v) is 17.8. The molecule has 0 fully saturated rings. The number of carbonyl (C=O) groups is 1. The lowest BCUT2D eigenvalue weighted by Crippen LogP contribution is -2.41. The molecule has 0 saturated heterocycles. The molecule has 3 aromatic rings. The Morgan fingerprint density at radius 2 is 2.07 bits per heavy atom. The summed E-state index contributed by atoms with van der Waals surface area (Å²) >= 11 is 7.45. The van der Waals surface area contributed by atoms with Crippen LogP contribution in [0.2, 0.25) is 5.02 Å². The Kier molecular flexibility index (Phi) is 6.54. The molecule has 0 aliphatic heterocycles. The van der Waals surface area contributed by atoms with Gasteiger partial charge < -0.3 is 11.1 Å². The Labute approximate surface area is 180 Å². The van der Waals surface area contributed by atoms with E-state index in [0.29, 0.717) is 15.6 Å². The topological polar surface area (TPSA) is 72.9 Å². The highest BCUT2D eigenvalue weighted by Gasteiger charge is 2.33. The monoisotopic (exact) mass is 456 g/mol. The molecule has 0 saturated carbocycles. The van der Waals surface area contributed by atoms with Gasteiger partial charge in [0.15, 0.2) is 0 Å². The minimum atomic E-state index is -4.47. The van der Waals surface area contributed by atoms with E-state index in [4.69, 9.17) is 17.3 Å². The van der Waals surface area contributed by atoms with E-state index in [9.17, 15) is 18.0 Å². The fourth-order valence-corrected chi connectivity index (χ4v) is 4.67. The first-order chi connectivity index (χ1) is 14.1. The first-order valence-corrected chi connectivity index (χ1v) is 10.3. The van der Waals surface area contributed by atoms with Crippen molar-refractivity contribution < 1.29 is 18.0 Å². The van der Waals surface area contributed by atoms with E-state index in [2.05, 4.69) is 10.4 Å². The molecule has 30 heavy (non-hydrogen) atoms. The highest BCUT2D eigenvalue weighted by atomic mass is 35.5. The number of alkyl halides is 3. The molecule has 2 aromatic heterocycles. The van der Waals surface area contributed by atoms with Crippen molar-refractivity contribution >= 4 is 28.8 Å². The third kappa shape index (κ3) is 4.69. The number of halogens is 4. The smallest absolute Gasteiger partial charge is 0.347 e. The van der Waals surface area contributed by atoms with Crippen LogP contribution < -0.4 is 11.1 Å². The van der Waals surface area contributed by atoms with Crippen molar-refractivity contribution in [1.29, 1.82) is 0 Å². The van der Waals surface area contributed by atoms with Crippen LogP contribution in [-0.4, -0.2) is 28.3 Å². The summed E-state index contributed by atoms with van der Waals surface area (Å²) in [5, 5.41) is 7.33. The molecule has 5 nitrogen and oxygen atoms in total. The van der Waals surface area contributed by atoms with Gasteiger partial charge in [-0.05, 0) is 36.6 Å². The Morgan fingerprint density at radius 1 is 1.37 bits per heavy atom. The minimum absolute atomic E-state index is 0.00268. The van der Waals surface area contributed by atoms with E-state index < -0.39 is 23.7 Å². The maximum Gasteiger partial charge on any atom is 0.416 e. The number of nitrogens with one attached hydrogen (secondary N) is 1. The number of nitrogens with two attached hydrogens (primary N) is 1. The number of rotatable bonds is 6. The lowest BCUT2D eigenvalue weighted by atomic mass is 9.99. The Bertz CT molecular complexity index is 1040. The molecule has 3 N–H and O–H groups in total. The predicted molar refractivity (Wildman–Crippen MR) is 112 cm³/mol. The molecule has 1 aromatic carbocycles. The molecular weight excluding hydrogens is 437 g/mol. The number of nitrogens with zero attached hydrogens (tertiary/aromatic N) is 2. The van der Waals surface area contributed by atoms with Crippen LogP contribution >= 0.6 is 22.9 Å². The van der Waals surface area contributed by atoms with E-state index in [1.807, 2.05) is 6.92 Å². The molecule has 1 atom stereocenters. The van der Waals surface area contributed by atoms with Crippen LogP contribution in [-0.2, 0) is 19.6 Å². The number of aryl methyl sites for hydroxylation is 2. The van der Waals surface area contributed by atoms with E-state index in [-0.39, 0.29) is 18.5 Å². The standard InChI is InChI=1S/C20H20ClF3N4OS/c1-11-7-16(30-18(11)17-15(21)10-26-28(17)2)19(29)27-13(9-25)8-12-5-3-4-6-14(12)20(22,23)24/h3-7,10,13H,8-9,25H2,1-2H3,(H,27,29)/t13-/m0/s1. The van der Waals surface area contributed by atoms with Crippen LogP contribution in [0, 0.1) is 6.92 Å². The Morgan fingerprint density at radius 3 is 2.67 bits per heavy atom. The highest BCUT2D eigenvalue weighted by molar-refractivity contribution is 7.17. The van der Waals surface area contributed by atoms with Gasteiger partial charge >= 0.3 is 6.18 Å². The van der Waals surface area contributed by atoms with E-state index in [1.165, 1.54) is 35.7 Å². The molecule has 0 spiro atoms. The normalized spacial score (nSPS) is 12.8. The van der Waals surface area contributed by atoms with Gasteiger partial charge in [-0.1, -0.05) is 29.8 Å². The average Bonchev–Trinajstić information content (AvgIpc) is 3.22. The molecule has 160 valence electrons. The summed E-state index contributed by atoms with van der Waals surface area (Å²) in [6.45, 7) is 1.86. The first kappa shape index (κ1) is 22.3. The molecule has 0 aliphatic rings. The second kappa shape index (κ2) is 8.79. The lowest BCUT2D eigenvalue weighted by molar-refractivity contribution is -0.138. The zero-order valence-electron chi connectivity index (χ0n) is 16.3. The van der Waals surface area contributed by atoms with Crippen molar-refractivity contribution in [3.8, 4) is 10.6 Å². The summed E-state index contributed by atoms with van der Waals surface area (Å²) in [5.74, 6) is -0.396. The van der Waals surface area contributed by atoms with Gasteiger partial charge in [0.1, 0.15) is 0 Å². The number of hydrogen-bond acceptors (Lipinski definition) is 4. The predicted octanol–water partition coefficient (Wildman–Crippen LogP) is 4.43. The highest BCUT2D eigenvalue weighted by Crippen LogP contribution is 2.36. The second-order valence-corrected chi connectivity index (χ2v) is 8.31. The fourth-order valence-electron chi connectivity index (χ4n) is 3.19. The van der Waals surface area contributed by atoms with E-state index in [0.717, 1.165) is 16.5 Å². The SMILES string of the molecule is Cc1cc(C(=O)N[C@H](CN)Cc2ccccc2C(F)(F)F)sc1-c1c(Cl)cnn1C. The summed E-state index contributed by atoms with van der Waals surface area (Å²) in [6, 6.07) is 6.36. The molecule has 0 aliphatic carbocycles. The third-order valence-corrected chi connectivity index (χ3v) is 6.18. The maximum absolute atomic E-state index is 13.2. The van der Waals surface area contributed by atoms with Crippen LogP contribution in [0.5, 0.6) is 0 Å². The van der Waals surface area contributed by atoms with Crippen molar-refractivity contribution in [1.82, 2.24) is 15.1 Å². The Balaban J connectivity index is 1.80. The van der Waals surface area contributed by atoms with Crippen molar-refractivity contribution in [2.75, 3.05) is 6.54 Å². The van der Waals surface area contributed by atoms with E-state index in [1.54, 1.807) is 17.8 Å². The first-order valence-electron chi connectivity index (χ1n) is 9.06. The molecule has 0 unspecified atom stereocenters. The van der Waals surface area contributed by atoms with Crippen molar-refractivity contribution in [2.45, 2.75) is 25.6 Å². The molecule has 3 rings (SSSR count). The second-order valence-electron chi connectivity index (χ2n) is 6.85. The number of amides is 1. The van der Waals surface area contributed by atoms with Crippen molar-refractivity contribution in [2.24, 2.45) is 12.8 Å². The number of benzene rings is 1. The Hall–Kier alpha value is -2.36. The van der Waals surface area contributed by atoms with Crippen molar-refractivity contribution in [3.05, 3.63) is 63.1 Å². The molecule has 10 heteroatoms. The van der Waals surface area contributed by atoms with Gasteiger partial charge in [-0.3, -0.25) is 9.48 Å². The largest absolute Gasteiger partial charge is 0.416 e. The number of hydrogen-bond donors (Lipinski definition) is 2. The average molecular weight is 457 g/mol. The van der Waals surface area contributed by atoms with Gasteiger partial charge in [-0.25, -0.2) is 0 Å². The minimum Gasteiger partial charge on any atom is -0.347 e. The maximum atomic E-state index is 13.2. The summed E-state index contributed by atoms with van der Waals surface area (Å²) in [4.78, 5) is 14.0. The van der Waals surface area contributed by atoms with E-state index >= 15 is 0 Å². The van der Waals surface area contributed by atoms with Crippen LogP contribution in [0.4, 0.5) is 13.2 Å². The molecule has 1 amide bonds. The summed E-state index contributed by atoms with van der Waals surface area (Å²) in [7, 11) is 1.75. The summed E-state index contributed by atoms with van der Waals surface area (Å²) < 4.78 is 41.4. The summed E-state index contributed by atoms with van der Waals surface area (Å²) in [5.41, 5.74) is 6.65. The van der Waals surface area contributed by atoms with Crippen LogP contribution in [0.15, 0.2) is 36.5 Å². The quantitative estimate of drug-likeness (QED) is 0.576. The number of aromatic nitrogens is 2. The van der Waals surface area contributed by atoms with Gasteiger partial charge in [-0.15, -0.1) is 11.3 Å². The van der Waals surface area contributed by atoms with Gasteiger partial charge in [0, 0.05) is 19.6 Å². The van der Waals surface area contributed by atoms with Gasteiger partial charge in [0.2, 0.25) is 0 Å². The molecule has 0 radical (unpaired) electrons. The zero-order chi connectivity index (χ0) is 22.1. The number of thiophene rings is 1. The molecule has 0 bridgehead atoms. The van der Waals surface area contributed by atoms with Crippen LogP contribution in [0.1, 0.15) is 26.4 Å². The molecule has 2 heterocycles. The van der Waals surface area contributed by atoms with Gasteiger partial charge in [0.25, 0.3) is 5.91 Å². The van der Waals surface area contributed by atoms with Crippen LogP contribution in [0.3, 0.4) is 0 Å². The van der Waals surface area contributed by atoms with Crippen molar-refractivity contribution in [3.63, 3.8) is 0 Å².